The molecule has 5 nitrogen and oxygen atoms in total. The third-order valence-corrected chi connectivity index (χ3v) is 4.43. The Morgan fingerprint density at radius 2 is 2.17 bits per heavy atom. The van der Waals surface area contributed by atoms with Crippen molar-refractivity contribution in [3.63, 3.8) is 0 Å². The van der Waals surface area contributed by atoms with Crippen LogP contribution in [0.25, 0.3) is 0 Å². The zero-order chi connectivity index (χ0) is 13.1. The summed E-state index contributed by atoms with van der Waals surface area (Å²) >= 11 is 0. The highest BCUT2D eigenvalue weighted by Crippen LogP contribution is 2.49. The Kier molecular flexibility index (Phi) is 4.22. The Labute approximate surface area is 107 Å². The lowest BCUT2D eigenvalue weighted by Gasteiger charge is -2.25. The van der Waals surface area contributed by atoms with Gasteiger partial charge in [0.25, 0.3) is 0 Å². The first kappa shape index (κ1) is 13.3. The van der Waals surface area contributed by atoms with Crippen LogP contribution < -0.4 is 11.1 Å². The van der Waals surface area contributed by atoms with Gasteiger partial charge in [-0.25, -0.2) is 4.79 Å². The van der Waals surface area contributed by atoms with Crippen LogP contribution in [-0.4, -0.2) is 31.6 Å². The molecular formula is C13H22N2O3. The number of ether oxygens (including phenoxy) is 1. The van der Waals surface area contributed by atoms with Gasteiger partial charge in [-0.1, -0.05) is 6.42 Å². The van der Waals surface area contributed by atoms with E-state index in [0.717, 1.165) is 11.8 Å². The van der Waals surface area contributed by atoms with E-state index in [2.05, 4.69) is 5.32 Å². The summed E-state index contributed by atoms with van der Waals surface area (Å²) in [7, 11) is 1.35. The first-order chi connectivity index (χ1) is 8.63. The topological polar surface area (TPSA) is 81.4 Å². The van der Waals surface area contributed by atoms with Gasteiger partial charge in [0.1, 0.15) is 6.04 Å². The molecule has 5 heteroatoms. The summed E-state index contributed by atoms with van der Waals surface area (Å²) in [5.41, 5.74) is 5.27. The molecule has 0 aromatic carbocycles. The van der Waals surface area contributed by atoms with Crippen molar-refractivity contribution in [2.45, 2.75) is 38.1 Å². The molecule has 0 aliphatic heterocycles. The molecule has 0 saturated heterocycles. The van der Waals surface area contributed by atoms with Crippen LogP contribution in [0.5, 0.6) is 0 Å². The fraction of sp³-hybridized carbons (Fsp3) is 0.846. The minimum absolute atomic E-state index is 0.0930. The van der Waals surface area contributed by atoms with Gasteiger partial charge in [0, 0.05) is 0 Å². The number of esters is 1. The highest BCUT2D eigenvalue weighted by molar-refractivity contribution is 5.85. The molecule has 2 bridgehead atoms. The molecule has 1 amide bonds. The average Bonchev–Trinajstić information content (AvgIpc) is 2.99. The van der Waals surface area contributed by atoms with Gasteiger partial charge >= 0.3 is 5.97 Å². The van der Waals surface area contributed by atoms with Gasteiger partial charge in [-0.15, -0.1) is 0 Å². The van der Waals surface area contributed by atoms with Crippen molar-refractivity contribution >= 4 is 11.9 Å². The summed E-state index contributed by atoms with van der Waals surface area (Å²) in [6.45, 7) is -0.0930. The van der Waals surface area contributed by atoms with Crippen LogP contribution in [0.2, 0.25) is 0 Å². The minimum Gasteiger partial charge on any atom is -0.467 e. The fourth-order valence-corrected chi connectivity index (χ4v) is 3.58. The van der Waals surface area contributed by atoms with Crippen LogP contribution >= 0.6 is 0 Å². The van der Waals surface area contributed by atoms with E-state index in [4.69, 9.17) is 10.5 Å². The molecule has 2 aliphatic rings. The molecule has 18 heavy (non-hydrogen) atoms. The lowest BCUT2D eigenvalue weighted by Crippen LogP contribution is -2.45. The summed E-state index contributed by atoms with van der Waals surface area (Å²) in [6, 6.07) is -0.532. The molecule has 102 valence electrons. The minimum atomic E-state index is -0.532. The van der Waals surface area contributed by atoms with Crippen molar-refractivity contribution in [1.29, 1.82) is 0 Å². The smallest absolute Gasteiger partial charge is 0.328 e. The van der Waals surface area contributed by atoms with Crippen molar-refractivity contribution in [1.82, 2.24) is 5.32 Å². The number of nitrogens with one attached hydrogen (secondary N) is 1. The quantitative estimate of drug-likeness (QED) is 0.697. The summed E-state index contributed by atoms with van der Waals surface area (Å²) in [5, 5.41) is 2.67. The number of methoxy groups -OCH3 is 1. The Bertz CT molecular complexity index is 332. The Morgan fingerprint density at radius 3 is 2.67 bits per heavy atom. The van der Waals surface area contributed by atoms with E-state index in [9.17, 15) is 9.59 Å². The number of hydrogen-bond acceptors (Lipinski definition) is 4. The molecule has 2 fully saturated rings. The molecular weight excluding hydrogens is 232 g/mol. The Balaban J connectivity index is 1.92. The standard InChI is InChI=1S/C13H22N2O3/c1-18-13(17)11(15-12(16)7-14)6-10-5-8-2-3-9(10)4-8/h8-11H,2-7,14H2,1H3,(H,15,16)/t8?,9?,10?,11-/m0/s1. The lowest BCUT2D eigenvalue weighted by atomic mass is 9.84. The SMILES string of the molecule is COC(=O)[C@H](CC1CC2CCC1C2)NC(=O)CN. The predicted octanol–water partition coefficient (Wildman–Crippen LogP) is 0.429. The monoisotopic (exact) mass is 254 g/mol. The van der Waals surface area contributed by atoms with Crippen LogP contribution in [0.3, 0.4) is 0 Å². The molecule has 2 aliphatic carbocycles. The first-order valence-electron chi connectivity index (χ1n) is 6.71. The predicted molar refractivity (Wildman–Crippen MR) is 66.6 cm³/mol. The molecule has 0 aromatic heterocycles. The number of fused-ring (bicyclic) bond motifs is 2. The average molecular weight is 254 g/mol. The molecule has 4 atom stereocenters. The van der Waals surface area contributed by atoms with E-state index in [0.29, 0.717) is 12.3 Å². The summed E-state index contributed by atoms with van der Waals surface area (Å²) in [4.78, 5) is 23.0. The van der Waals surface area contributed by atoms with Gasteiger partial charge in [0.2, 0.25) is 5.91 Å². The van der Waals surface area contributed by atoms with Gasteiger partial charge in [-0.3, -0.25) is 4.79 Å². The Hall–Kier alpha value is -1.10. The fourth-order valence-electron chi connectivity index (χ4n) is 3.58. The summed E-state index contributed by atoms with van der Waals surface area (Å²) < 4.78 is 4.75. The van der Waals surface area contributed by atoms with Crippen LogP contribution in [0, 0.1) is 17.8 Å². The van der Waals surface area contributed by atoms with Gasteiger partial charge < -0.3 is 15.8 Å². The number of nitrogens with two attached hydrogens (primary N) is 1. The van der Waals surface area contributed by atoms with E-state index in [1.54, 1.807) is 0 Å². The molecule has 3 unspecified atom stereocenters. The highest BCUT2D eigenvalue weighted by atomic mass is 16.5. The second-order valence-electron chi connectivity index (χ2n) is 5.52. The van der Waals surface area contributed by atoms with E-state index >= 15 is 0 Å². The number of rotatable bonds is 5. The van der Waals surface area contributed by atoms with Crippen LogP contribution in [-0.2, 0) is 14.3 Å². The van der Waals surface area contributed by atoms with E-state index in [1.165, 1.54) is 32.8 Å². The second kappa shape index (κ2) is 5.69. The van der Waals surface area contributed by atoms with Crippen molar-refractivity contribution in [3.05, 3.63) is 0 Å². The van der Waals surface area contributed by atoms with Crippen molar-refractivity contribution in [2.75, 3.05) is 13.7 Å². The maximum atomic E-state index is 11.7. The normalized spacial score (nSPS) is 31.1. The molecule has 0 heterocycles. The maximum Gasteiger partial charge on any atom is 0.328 e. The molecule has 0 spiro atoms. The molecule has 0 radical (unpaired) electrons. The number of amides is 1. The third kappa shape index (κ3) is 2.83. The lowest BCUT2D eigenvalue weighted by molar-refractivity contribution is -0.145. The van der Waals surface area contributed by atoms with Crippen LogP contribution in [0.4, 0.5) is 0 Å². The van der Waals surface area contributed by atoms with Gasteiger partial charge in [-0.2, -0.15) is 0 Å². The van der Waals surface area contributed by atoms with E-state index < -0.39 is 6.04 Å². The largest absolute Gasteiger partial charge is 0.467 e. The van der Waals surface area contributed by atoms with Crippen LogP contribution in [0.15, 0.2) is 0 Å². The second-order valence-corrected chi connectivity index (χ2v) is 5.52. The zero-order valence-electron chi connectivity index (χ0n) is 10.9. The van der Waals surface area contributed by atoms with Crippen LogP contribution in [0.1, 0.15) is 32.1 Å². The first-order valence-corrected chi connectivity index (χ1v) is 6.71. The van der Waals surface area contributed by atoms with Gasteiger partial charge in [0.05, 0.1) is 13.7 Å². The van der Waals surface area contributed by atoms with Gasteiger partial charge in [0.15, 0.2) is 0 Å². The molecule has 3 N–H and O–H groups in total. The number of hydrogen-bond donors (Lipinski definition) is 2. The van der Waals surface area contributed by atoms with Crippen molar-refractivity contribution in [3.8, 4) is 0 Å². The maximum absolute atomic E-state index is 11.7. The molecule has 2 saturated carbocycles. The van der Waals surface area contributed by atoms with E-state index in [1.807, 2.05) is 0 Å². The summed E-state index contributed by atoms with van der Waals surface area (Å²) in [6.07, 6.45) is 5.78. The van der Waals surface area contributed by atoms with E-state index in [-0.39, 0.29) is 18.4 Å². The molecule has 0 aromatic rings. The number of carbonyl (C=O) groups excluding carboxylic acids is 2. The Morgan fingerprint density at radius 1 is 1.39 bits per heavy atom. The molecule has 2 rings (SSSR count). The third-order valence-electron chi connectivity index (χ3n) is 4.43. The van der Waals surface area contributed by atoms with Gasteiger partial charge in [-0.05, 0) is 43.4 Å². The van der Waals surface area contributed by atoms with Crippen molar-refractivity contribution in [2.24, 2.45) is 23.5 Å². The van der Waals surface area contributed by atoms with Crippen molar-refractivity contribution < 1.29 is 14.3 Å². The summed E-state index contributed by atoms with van der Waals surface area (Å²) in [5.74, 6) is 1.46. The highest BCUT2D eigenvalue weighted by Gasteiger charge is 2.41. The zero-order valence-corrected chi connectivity index (χ0v) is 10.9. The number of carbonyl (C=O) groups is 2.